The summed E-state index contributed by atoms with van der Waals surface area (Å²) in [7, 11) is 1.50. The number of carbonyl (C=O) groups excluding carboxylic acids is 1. The van der Waals surface area contributed by atoms with Crippen molar-refractivity contribution in [2.75, 3.05) is 7.05 Å². The quantitative estimate of drug-likeness (QED) is 0.859. The summed E-state index contributed by atoms with van der Waals surface area (Å²) < 4.78 is 1.89. The Hall–Kier alpha value is -1.91. The van der Waals surface area contributed by atoms with E-state index in [2.05, 4.69) is 30.9 Å². The van der Waals surface area contributed by atoms with Crippen LogP contribution in [0.3, 0.4) is 0 Å². The lowest BCUT2D eigenvalue weighted by Crippen LogP contribution is -2.32. The number of benzene rings is 1. The number of aromatic nitrogens is 1. The number of aryl methyl sites for hydroxylation is 1. The van der Waals surface area contributed by atoms with E-state index in [1.54, 1.807) is 0 Å². The third-order valence-electron chi connectivity index (χ3n) is 3.28. The zero-order chi connectivity index (χ0) is 14.0. The lowest BCUT2D eigenvalue weighted by atomic mass is 10.00. The van der Waals surface area contributed by atoms with E-state index in [0.717, 1.165) is 17.3 Å². The van der Waals surface area contributed by atoms with Crippen LogP contribution in [0.2, 0.25) is 0 Å². The van der Waals surface area contributed by atoms with Crippen molar-refractivity contribution in [2.24, 2.45) is 5.73 Å². The molecule has 100 valence electrons. The van der Waals surface area contributed by atoms with Crippen LogP contribution in [0.25, 0.3) is 16.6 Å². The van der Waals surface area contributed by atoms with Gasteiger partial charge in [0.2, 0.25) is 0 Å². The van der Waals surface area contributed by atoms with Gasteiger partial charge in [0.15, 0.2) is 11.9 Å². The summed E-state index contributed by atoms with van der Waals surface area (Å²) in [4.78, 5) is 11.1. The Labute approximate surface area is 112 Å². The summed E-state index contributed by atoms with van der Waals surface area (Å²) in [5.41, 5.74) is 7.46. The Morgan fingerprint density at radius 2 is 2.05 bits per heavy atom. The molecule has 0 saturated heterocycles. The van der Waals surface area contributed by atoms with Crippen LogP contribution in [0.4, 0.5) is 0 Å². The van der Waals surface area contributed by atoms with Crippen LogP contribution in [0.5, 0.6) is 0 Å². The van der Waals surface area contributed by atoms with E-state index in [1.807, 2.05) is 16.8 Å². The van der Waals surface area contributed by atoms with Crippen LogP contribution in [-0.4, -0.2) is 28.6 Å². The van der Waals surface area contributed by atoms with Crippen molar-refractivity contribution in [2.45, 2.75) is 19.4 Å². The highest BCUT2D eigenvalue weighted by Gasteiger charge is 2.30. The standard InChI is InChI=1S/C14H13NO2.CH5N/c1-2-9-3-4-10-5-6-15(11(10)7-9)12-8-13(16)14(12)17;1-2/h3-8,14,17H,2H2,1H3;2H2,1H3. The maximum absolute atomic E-state index is 11.1. The minimum Gasteiger partial charge on any atom is -0.379 e. The number of ketones is 1. The van der Waals surface area contributed by atoms with Crippen LogP contribution in [0, 0.1) is 0 Å². The molecule has 0 amide bonds. The highest BCUT2D eigenvalue weighted by molar-refractivity contribution is 6.13. The smallest absolute Gasteiger partial charge is 0.192 e. The molecule has 2 aromatic rings. The van der Waals surface area contributed by atoms with Crippen LogP contribution in [0.15, 0.2) is 36.5 Å². The highest BCUT2D eigenvalue weighted by atomic mass is 16.3. The molecule has 3 N–H and O–H groups in total. The monoisotopic (exact) mass is 258 g/mol. The fraction of sp³-hybridized carbons (Fsp3) is 0.267. The molecule has 0 aliphatic heterocycles. The molecule has 4 nitrogen and oxygen atoms in total. The third-order valence-corrected chi connectivity index (χ3v) is 3.28. The molecule has 1 aliphatic rings. The molecular formula is C15H18N2O2. The fourth-order valence-corrected chi connectivity index (χ4v) is 2.17. The lowest BCUT2D eigenvalue weighted by molar-refractivity contribution is -0.121. The largest absolute Gasteiger partial charge is 0.379 e. The van der Waals surface area contributed by atoms with Crippen molar-refractivity contribution >= 4 is 22.4 Å². The summed E-state index contributed by atoms with van der Waals surface area (Å²) in [5, 5.41) is 10.7. The maximum atomic E-state index is 11.1. The molecule has 1 aromatic heterocycles. The molecule has 0 radical (unpaired) electrons. The first-order chi connectivity index (χ1) is 9.20. The molecule has 0 bridgehead atoms. The highest BCUT2D eigenvalue weighted by Crippen LogP contribution is 2.27. The van der Waals surface area contributed by atoms with E-state index in [1.165, 1.54) is 18.7 Å². The van der Waals surface area contributed by atoms with E-state index < -0.39 is 6.10 Å². The Morgan fingerprint density at radius 3 is 2.63 bits per heavy atom. The number of carbonyl (C=O) groups is 1. The average Bonchev–Trinajstić information content (AvgIpc) is 2.88. The maximum Gasteiger partial charge on any atom is 0.192 e. The molecule has 1 unspecified atom stereocenters. The molecule has 0 fully saturated rings. The summed E-state index contributed by atoms with van der Waals surface area (Å²) in [6.07, 6.45) is 3.39. The van der Waals surface area contributed by atoms with Gasteiger partial charge in [0, 0.05) is 12.3 Å². The van der Waals surface area contributed by atoms with Crippen LogP contribution in [-0.2, 0) is 11.2 Å². The first-order valence-corrected chi connectivity index (χ1v) is 6.32. The molecular weight excluding hydrogens is 240 g/mol. The number of hydrogen-bond acceptors (Lipinski definition) is 3. The second kappa shape index (κ2) is 5.38. The molecule has 0 spiro atoms. The van der Waals surface area contributed by atoms with Crippen molar-refractivity contribution in [1.82, 2.24) is 4.57 Å². The van der Waals surface area contributed by atoms with Gasteiger partial charge in [-0.15, -0.1) is 0 Å². The Morgan fingerprint density at radius 1 is 1.32 bits per heavy atom. The summed E-state index contributed by atoms with van der Waals surface area (Å²) in [5.74, 6) is -0.214. The van der Waals surface area contributed by atoms with Gasteiger partial charge in [-0.25, -0.2) is 0 Å². The van der Waals surface area contributed by atoms with Crippen LogP contribution < -0.4 is 5.73 Å². The van der Waals surface area contributed by atoms with Gasteiger partial charge in [-0.3, -0.25) is 4.79 Å². The minimum atomic E-state index is -0.962. The number of aliphatic hydroxyl groups is 1. The number of nitrogens with two attached hydrogens (primary N) is 1. The number of fused-ring (bicyclic) bond motifs is 1. The van der Waals surface area contributed by atoms with Gasteiger partial charge >= 0.3 is 0 Å². The van der Waals surface area contributed by atoms with E-state index in [0.29, 0.717) is 5.70 Å². The molecule has 1 atom stereocenters. The molecule has 19 heavy (non-hydrogen) atoms. The Kier molecular flexibility index (Phi) is 3.83. The van der Waals surface area contributed by atoms with Gasteiger partial charge < -0.3 is 15.4 Å². The van der Waals surface area contributed by atoms with E-state index in [4.69, 9.17) is 0 Å². The van der Waals surface area contributed by atoms with Gasteiger partial charge in [0.1, 0.15) is 0 Å². The summed E-state index contributed by atoms with van der Waals surface area (Å²) in [6.45, 7) is 2.11. The van der Waals surface area contributed by atoms with Crippen LogP contribution >= 0.6 is 0 Å². The number of hydrogen-bond donors (Lipinski definition) is 2. The molecule has 1 aromatic carbocycles. The van der Waals surface area contributed by atoms with E-state index >= 15 is 0 Å². The second-order valence-electron chi connectivity index (χ2n) is 4.31. The third kappa shape index (κ3) is 2.20. The number of rotatable bonds is 2. The first-order valence-electron chi connectivity index (χ1n) is 6.32. The number of nitrogens with zero attached hydrogens (tertiary/aromatic N) is 1. The SMILES string of the molecule is CCc1ccc2ccn(C3=CC(=O)C3O)c2c1.CN. The molecule has 1 aliphatic carbocycles. The minimum absolute atomic E-state index is 0.214. The van der Waals surface area contributed by atoms with Gasteiger partial charge in [-0.05, 0) is 36.6 Å². The van der Waals surface area contributed by atoms with Crippen molar-refractivity contribution < 1.29 is 9.90 Å². The normalized spacial score (nSPS) is 17.6. The second-order valence-corrected chi connectivity index (χ2v) is 4.31. The van der Waals surface area contributed by atoms with Gasteiger partial charge in [0.25, 0.3) is 0 Å². The fourth-order valence-electron chi connectivity index (χ4n) is 2.17. The summed E-state index contributed by atoms with van der Waals surface area (Å²) >= 11 is 0. The zero-order valence-corrected chi connectivity index (χ0v) is 11.1. The van der Waals surface area contributed by atoms with Crippen molar-refractivity contribution in [1.29, 1.82) is 0 Å². The molecule has 4 heteroatoms. The van der Waals surface area contributed by atoms with Crippen LogP contribution in [0.1, 0.15) is 12.5 Å². The van der Waals surface area contributed by atoms with Gasteiger partial charge in [-0.1, -0.05) is 19.1 Å². The summed E-state index contributed by atoms with van der Waals surface area (Å²) in [6, 6.07) is 8.26. The van der Waals surface area contributed by atoms with Crippen molar-refractivity contribution in [3.8, 4) is 0 Å². The molecule has 1 heterocycles. The average molecular weight is 258 g/mol. The van der Waals surface area contributed by atoms with Crippen molar-refractivity contribution in [3.05, 3.63) is 42.1 Å². The predicted octanol–water partition coefficient (Wildman–Crippen LogP) is 1.56. The lowest BCUT2D eigenvalue weighted by Gasteiger charge is -2.22. The van der Waals surface area contributed by atoms with Gasteiger partial charge in [-0.2, -0.15) is 0 Å². The first kappa shape index (κ1) is 13.5. The Bertz CT molecular complexity index is 641. The zero-order valence-electron chi connectivity index (χ0n) is 11.1. The Balaban J connectivity index is 0.000000637. The molecule has 3 rings (SSSR count). The predicted molar refractivity (Wildman–Crippen MR) is 76.7 cm³/mol. The molecule has 0 saturated carbocycles. The van der Waals surface area contributed by atoms with E-state index in [9.17, 15) is 9.90 Å². The van der Waals surface area contributed by atoms with Crippen molar-refractivity contribution in [3.63, 3.8) is 0 Å². The van der Waals surface area contributed by atoms with Gasteiger partial charge in [0.05, 0.1) is 11.2 Å². The topological polar surface area (TPSA) is 68.2 Å². The number of aliphatic hydroxyl groups excluding tert-OH is 1. The van der Waals surface area contributed by atoms with E-state index in [-0.39, 0.29) is 5.78 Å².